The summed E-state index contributed by atoms with van der Waals surface area (Å²) in [4.78, 5) is 16.7. The Hall–Kier alpha value is -2.34. The number of nitrogens with one attached hydrogen (secondary N) is 1. The molecular formula is C20H25N3O3. The second-order valence-electron chi connectivity index (χ2n) is 7.31. The fourth-order valence-corrected chi connectivity index (χ4v) is 3.88. The Morgan fingerprint density at radius 1 is 1.46 bits per heavy atom. The monoisotopic (exact) mass is 355 g/mol. The second-order valence-corrected chi connectivity index (χ2v) is 7.31. The second kappa shape index (κ2) is 7.11. The van der Waals surface area contributed by atoms with Crippen LogP contribution in [0.2, 0.25) is 0 Å². The van der Waals surface area contributed by atoms with Crippen LogP contribution in [0.15, 0.2) is 30.6 Å². The number of ether oxygens (including phenoxy) is 1. The van der Waals surface area contributed by atoms with Crippen molar-refractivity contribution in [1.82, 2.24) is 14.9 Å². The molecule has 2 heterocycles. The average molecular weight is 355 g/mol. The lowest BCUT2D eigenvalue weighted by Crippen LogP contribution is -2.41. The van der Waals surface area contributed by atoms with Gasteiger partial charge in [-0.25, -0.2) is 4.98 Å². The van der Waals surface area contributed by atoms with E-state index in [1.807, 2.05) is 29.8 Å². The van der Waals surface area contributed by atoms with Crippen molar-refractivity contribution in [3.05, 3.63) is 47.5 Å². The summed E-state index contributed by atoms with van der Waals surface area (Å²) in [7, 11) is 0. The van der Waals surface area contributed by atoms with Gasteiger partial charge in [-0.3, -0.25) is 4.79 Å². The van der Waals surface area contributed by atoms with Crippen molar-refractivity contribution in [2.24, 2.45) is 5.92 Å². The van der Waals surface area contributed by atoms with Crippen molar-refractivity contribution in [3.63, 3.8) is 0 Å². The minimum atomic E-state index is -0.245. The summed E-state index contributed by atoms with van der Waals surface area (Å²) in [5.74, 6) is 2.17. The van der Waals surface area contributed by atoms with E-state index in [0.29, 0.717) is 13.0 Å². The third kappa shape index (κ3) is 3.46. The number of hydrogen-bond acceptors (Lipinski definition) is 4. The highest BCUT2D eigenvalue weighted by molar-refractivity contribution is 5.76. The molecule has 0 unspecified atom stereocenters. The molecule has 4 rings (SSSR count). The topological polar surface area (TPSA) is 76.4 Å². The van der Waals surface area contributed by atoms with E-state index in [4.69, 9.17) is 4.74 Å². The lowest BCUT2D eigenvalue weighted by molar-refractivity contribution is -0.123. The van der Waals surface area contributed by atoms with Crippen molar-refractivity contribution in [3.8, 4) is 5.75 Å². The summed E-state index contributed by atoms with van der Waals surface area (Å²) in [6.07, 6.45) is 6.19. The van der Waals surface area contributed by atoms with Crippen LogP contribution in [0.25, 0.3) is 0 Å². The third-order valence-corrected chi connectivity index (χ3v) is 5.51. The number of nitrogens with zero attached hydrogens (tertiary/aromatic N) is 2. The molecule has 6 heteroatoms. The standard InChI is InChI=1S/C20H25N3O3/c1-13-21-6-8-23(13)7-4-19(25)22-20(16-11-17(24)12-16)15-2-3-18-14(10-15)5-9-26-18/h2-3,6,8,10,16-17,20,24H,4-5,7,9,11-12H2,1H3,(H,22,25)/t16?,17?,20-/m0/s1. The SMILES string of the molecule is Cc1nccn1CCC(=O)N[C@@H](c1ccc2c(c1)CCO2)C1CC(O)C1. The van der Waals surface area contributed by atoms with E-state index in [-0.39, 0.29) is 24.0 Å². The van der Waals surface area contributed by atoms with Crippen LogP contribution in [-0.2, 0) is 17.8 Å². The maximum atomic E-state index is 12.6. The number of carbonyl (C=O) groups excluding carboxylic acids is 1. The van der Waals surface area contributed by atoms with Crippen LogP contribution in [-0.4, -0.2) is 33.3 Å². The summed E-state index contributed by atoms with van der Waals surface area (Å²) in [5.41, 5.74) is 2.31. The van der Waals surface area contributed by atoms with Crippen LogP contribution in [0.3, 0.4) is 0 Å². The van der Waals surface area contributed by atoms with Gasteiger partial charge in [0.15, 0.2) is 0 Å². The van der Waals surface area contributed by atoms with Crippen molar-refractivity contribution in [2.75, 3.05) is 6.61 Å². The normalized spacial score (nSPS) is 22.2. The predicted molar refractivity (Wildman–Crippen MR) is 96.8 cm³/mol. The molecule has 2 N–H and O–H groups in total. The molecule has 1 atom stereocenters. The molecule has 26 heavy (non-hydrogen) atoms. The zero-order valence-corrected chi connectivity index (χ0v) is 15.0. The zero-order chi connectivity index (χ0) is 18.1. The summed E-state index contributed by atoms with van der Waals surface area (Å²) in [6.45, 7) is 3.28. The first-order valence-electron chi connectivity index (χ1n) is 9.31. The van der Waals surface area contributed by atoms with Crippen molar-refractivity contribution >= 4 is 5.91 Å². The fraction of sp³-hybridized carbons (Fsp3) is 0.500. The molecular weight excluding hydrogens is 330 g/mol. The number of aliphatic hydroxyl groups excluding tert-OH is 1. The van der Waals surface area contributed by atoms with Crippen LogP contribution in [0, 0.1) is 12.8 Å². The molecule has 0 radical (unpaired) electrons. The molecule has 2 aromatic rings. The van der Waals surface area contributed by atoms with Crippen LogP contribution in [0.5, 0.6) is 5.75 Å². The van der Waals surface area contributed by atoms with Crippen LogP contribution >= 0.6 is 0 Å². The molecule has 1 saturated carbocycles. The fourth-order valence-electron chi connectivity index (χ4n) is 3.88. The third-order valence-electron chi connectivity index (χ3n) is 5.51. The molecule has 0 saturated heterocycles. The highest BCUT2D eigenvalue weighted by atomic mass is 16.5. The van der Waals surface area contributed by atoms with Gasteiger partial charge < -0.3 is 19.7 Å². The Kier molecular flexibility index (Phi) is 4.68. The van der Waals surface area contributed by atoms with Gasteiger partial charge in [-0.2, -0.15) is 0 Å². The largest absolute Gasteiger partial charge is 0.493 e. The van der Waals surface area contributed by atoms with Gasteiger partial charge in [0, 0.05) is 31.8 Å². The molecule has 1 aliphatic carbocycles. The zero-order valence-electron chi connectivity index (χ0n) is 15.0. The summed E-state index contributed by atoms with van der Waals surface area (Å²) in [5, 5.41) is 12.9. The van der Waals surface area contributed by atoms with Gasteiger partial charge in [-0.05, 0) is 48.9 Å². The lowest BCUT2D eigenvalue weighted by atomic mass is 9.75. The van der Waals surface area contributed by atoms with Gasteiger partial charge >= 0.3 is 0 Å². The number of aromatic nitrogens is 2. The van der Waals surface area contributed by atoms with Crippen molar-refractivity contribution in [1.29, 1.82) is 0 Å². The Labute approximate surface area is 153 Å². The molecule has 6 nitrogen and oxygen atoms in total. The van der Waals surface area contributed by atoms with E-state index in [0.717, 1.165) is 43.0 Å². The Morgan fingerprint density at radius 3 is 3.04 bits per heavy atom. The maximum Gasteiger partial charge on any atom is 0.222 e. The number of imidazole rings is 1. The van der Waals surface area contributed by atoms with E-state index in [2.05, 4.69) is 16.4 Å². The van der Waals surface area contributed by atoms with Crippen LogP contribution < -0.4 is 10.1 Å². The molecule has 1 amide bonds. The van der Waals surface area contributed by atoms with Gasteiger partial charge in [0.25, 0.3) is 0 Å². The van der Waals surface area contributed by atoms with E-state index >= 15 is 0 Å². The average Bonchev–Trinajstić information content (AvgIpc) is 3.23. The van der Waals surface area contributed by atoms with E-state index < -0.39 is 0 Å². The predicted octanol–water partition coefficient (Wildman–Crippen LogP) is 2.14. The number of aryl methyl sites for hydroxylation is 2. The molecule has 1 aliphatic heterocycles. The summed E-state index contributed by atoms with van der Waals surface area (Å²) < 4.78 is 7.57. The number of fused-ring (bicyclic) bond motifs is 1. The summed E-state index contributed by atoms with van der Waals surface area (Å²) in [6, 6.07) is 6.14. The molecule has 0 bridgehead atoms. The van der Waals surface area contributed by atoms with Gasteiger partial charge in [0.2, 0.25) is 5.91 Å². The number of rotatable bonds is 6. The van der Waals surface area contributed by atoms with Gasteiger partial charge in [0.05, 0.1) is 18.8 Å². The molecule has 2 aliphatic rings. The highest BCUT2D eigenvalue weighted by Crippen LogP contribution is 2.39. The molecule has 1 aromatic carbocycles. The van der Waals surface area contributed by atoms with E-state index in [1.165, 1.54) is 5.56 Å². The van der Waals surface area contributed by atoms with Crippen molar-refractivity contribution in [2.45, 2.75) is 51.3 Å². The minimum Gasteiger partial charge on any atom is -0.493 e. The van der Waals surface area contributed by atoms with Crippen LogP contribution in [0.1, 0.15) is 42.3 Å². The van der Waals surface area contributed by atoms with Gasteiger partial charge in [0.1, 0.15) is 11.6 Å². The van der Waals surface area contributed by atoms with E-state index in [9.17, 15) is 9.90 Å². The lowest BCUT2D eigenvalue weighted by Gasteiger charge is -2.38. The molecule has 0 spiro atoms. The number of aliphatic hydroxyl groups is 1. The Morgan fingerprint density at radius 2 is 2.31 bits per heavy atom. The van der Waals surface area contributed by atoms with Crippen LogP contribution in [0.4, 0.5) is 0 Å². The number of benzene rings is 1. The molecule has 1 aromatic heterocycles. The quantitative estimate of drug-likeness (QED) is 0.832. The number of carbonyl (C=O) groups is 1. The molecule has 138 valence electrons. The summed E-state index contributed by atoms with van der Waals surface area (Å²) >= 11 is 0. The van der Waals surface area contributed by atoms with Gasteiger partial charge in [-0.15, -0.1) is 0 Å². The number of hydrogen-bond donors (Lipinski definition) is 2. The Balaban J connectivity index is 1.45. The first-order chi connectivity index (χ1) is 12.6. The highest BCUT2D eigenvalue weighted by Gasteiger charge is 2.36. The van der Waals surface area contributed by atoms with E-state index in [1.54, 1.807) is 6.20 Å². The molecule has 1 fully saturated rings. The van der Waals surface area contributed by atoms with Gasteiger partial charge in [-0.1, -0.05) is 6.07 Å². The minimum absolute atomic E-state index is 0.0289. The first kappa shape index (κ1) is 17.1. The number of amides is 1. The first-order valence-corrected chi connectivity index (χ1v) is 9.31. The smallest absolute Gasteiger partial charge is 0.222 e. The van der Waals surface area contributed by atoms with Crippen molar-refractivity contribution < 1.29 is 14.6 Å². The Bertz CT molecular complexity index is 795. The maximum absolute atomic E-state index is 12.6.